The molecule has 0 unspecified atom stereocenters. The Morgan fingerprint density at radius 1 is 1.38 bits per heavy atom. The van der Waals surface area contributed by atoms with Gasteiger partial charge in [0.2, 0.25) is 0 Å². The Morgan fingerprint density at radius 2 is 2.06 bits per heavy atom. The molecule has 1 heterocycles. The SMILES string of the molecule is Cc1cc(C#N)cc(NCCC(C)(C)C)n1. The van der Waals surface area contributed by atoms with Gasteiger partial charge in [-0.05, 0) is 30.9 Å². The minimum Gasteiger partial charge on any atom is -0.370 e. The minimum atomic E-state index is 0.314. The van der Waals surface area contributed by atoms with Crippen LogP contribution < -0.4 is 5.32 Å². The van der Waals surface area contributed by atoms with Gasteiger partial charge in [-0.3, -0.25) is 0 Å². The van der Waals surface area contributed by atoms with E-state index in [1.54, 1.807) is 12.1 Å². The summed E-state index contributed by atoms with van der Waals surface area (Å²) in [6.45, 7) is 9.40. The van der Waals surface area contributed by atoms with Crippen molar-refractivity contribution in [1.82, 2.24) is 4.98 Å². The number of anilines is 1. The lowest BCUT2D eigenvalue weighted by Crippen LogP contribution is -2.13. The maximum absolute atomic E-state index is 8.84. The molecule has 0 saturated carbocycles. The molecule has 86 valence electrons. The van der Waals surface area contributed by atoms with Crippen LogP contribution in [0.25, 0.3) is 0 Å². The van der Waals surface area contributed by atoms with Crippen molar-refractivity contribution in [3.63, 3.8) is 0 Å². The molecule has 1 rings (SSSR count). The number of nitrogens with one attached hydrogen (secondary N) is 1. The maximum atomic E-state index is 8.84. The Kier molecular flexibility index (Phi) is 3.89. The van der Waals surface area contributed by atoms with Crippen LogP contribution in [0.1, 0.15) is 38.4 Å². The molecule has 3 heteroatoms. The van der Waals surface area contributed by atoms with Crippen molar-refractivity contribution in [3.05, 3.63) is 23.4 Å². The van der Waals surface area contributed by atoms with E-state index in [1.165, 1.54) is 0 Å². The molecular formula is C13H19N3. The lowest BCUT2D eigenvalue weighted by atomic mass is 9.92. The van der Waals surface area contributed by atoms with Gasteiger partial charge >= 0.3 is 0 Å². The van der Waals surface area contributed by atoms with Gasteiger partial charge in [-0.15, -0.1) is 0 Å². The first kappa shape index (κ1) is 12.5. The van der Waals surface area contributed by atoms with Gasteiger partial charge in [-0.25, -0.2) is 4.98 Å². The molecule has 3 nitrogen and oxygen atoms in total. The number of hydrogen-bond donors (Lipinski definition) is 1. The van der Waals surface area contributed by atoms with E-state index >= 15 is 0 Å². The first-order valence-electron chi connectivity index (χ1n) is 5.53. The van der Waals surface area contributed by atoms with Crippen molar-refractivity contribution < 1.29 is 0 Å². The molecule has 0 aliphatic rings. The lowest BCUT2D eigenvalue weighted by Gasteiger charge is -2.18. The zero-order chi connectivity index (χ0) is 12.2. The Balaban J connectivity index is 2.61. The van der Waals surface area contributed by atoms with Gasteiger partial charge in [0, 0.05) is 12.2 Å². The van der Waals surface area contributed by atoms with Gasteiger partial charge in [0.1, 0.15) is 5.82 Å². The van der Waals surface area contributed by atoms with Crippen LogP contribution in [0.2, 0.25) is 0 Å². The zero-order valence-electron chi connectivity index (χ0n) is 10.5. The van der Waals surface area contributed by atoms with Crippen molar-refractivity contribution in [3.8, 4) is 6.07 Å². The highest BCUT2D eigenvalue weighted by molar-refractivity contribution is 5.44. The van der Waals surface area contributed by atoms with Crippen molar-refractivity contribution in [2.24, 2.45) is 5.41 Å². The summed E-state index contributed by atoms with van der Waals surface area (Å²) < 4.78 is 0. The van der Waals surface area contributed by atoms with E-state index in [0.29, 0.717) is 11.0 Å². The van der Waals surface area contributed by atoms with E-state index in [-0.39, 0.29) is 0 Å². The number of hydrogen-bond acceptors (Lipinski definition) is 3. The zero-order valence-corrected chi connectivity index (χ0v) is 10.5. The summed E-state index contributed by atoms with van der Waals surface area (Å²) in [6.07, 6.45) is 1.07. The summed E-state index contributed by atoms with van der Waals surface area (Å²) in [5.74, 6) is 0.792. The third kappa shape index (κ3) is 4.31. The molecule has 16 heavy (non-hydrogen) atoms. The fraction of sp³-hybridized carbons (Fsp3) is 0.538. The highest BCUT2D eigenvalue weighted by Gasteiger charge is 2.09. The quantitative estimate of drug-likeness (QED) is 0.846. The van der Waals surface area contributed by atoms with Crippen LogP contribution in [0, 0.1) is 23.7 Å². The molecule has 1 aromatic rings. The minimum absolute atomic E-state index is 0.314. The Hall–Kier alpha value is -1.56. The molecule has 0 saturated heterocycles. The number of rotatable bonds is 3. The van der Waals surface area contributed by atoms with Crippen molar-refractivity contribution in [2.75, 3.05) is 11.9 Å². The van der Waals surface area contributed by atoms with Crippen LogP contribution in [-0.2, 0) is 0 Å². The predicted octanol–water partition coefficient (Wildman–Crippen LogP) is 3.11. The smallest absolute Gasteiger partial charge is 0.127 e. The molecule has 0 spiro atoms. The summed E-state index contributed by atoms with van der Waals surface area (Å²) in [5, 5.41) is 12.1. The van der Waals surface area contributed by atoms with Gasteiger partial charge in [0.15, 0.2) is 0 Å². The molecule has 0 fully saturated rings. The number of nitrogens with zero attached hydrogens (tertiary/aromatic N) is 2. The number of nitriles is 1. The van der Waals surface area contributed by atoms with E-state index in [2.05, 4.69) is 37.1 Å². The van der Waals surface area contributed by atoms with Crippen LogP contribution >= 0.6 is 0 Å². The van der Waals surface area contributed by atoms with E-state index < -0.39 is 0 Å². The molecule has 0 aromatic carbocycles. The van der Waals surface area contributed by atoms with Crippen LogP contribution in [-0.4, -0.2) is 11.5 Å². The normalized spacial score (nSPS) is 10.9. The van der Waals surface area contributed by atoms with Crippen molar-refractivity contribution in [1.29, 1.82) is 5.26 Å². The van der Waals surface area contributed by atoms with E-state index in [1.807, 2.05) is 6.92 Å². The van der Waals surface area contributed by atoms with E-state index in [9.17, 15) is 0 Å². The monoisotopic (exact) mass is 217 g/mol. The number of aryl methyl sites for hydroxylation is 1. The molecule has 0 atom stereocenters. The molecule has 0 aliphatic heterocycles. The molecule has 0 aliphatic carbocycles. The predicted molar refractivity (Wildman–Crippen MR) is 66.3 cm³/mol. The Morgan fingerprint density at radius 3 is 2.62 bits per heavy atom. The number of aromatic nitrogens is 1. The average molecular weight is 217 g/mol. The second kappa shape index (κ2) is 4.98. The van der Waals surface area contributed by atoms with Crippen molar-refractivity contribution in [2.45, 2.75) is 34.1 Å². The van der Waals surface area contributed by atoms with E-state index in [0.717, 1.165) is 24.5 Å². The van der Waals surface area contributed by atoms with Crippen LogP contribution in [0.4, 0.5) is 5.82 Å². The first-order valence-corrected chi connectivity index (χ1v) is 5.53. The molecule has 0 radical (unpaired) electrons. The Bertz CT molecular complexity index is 397. The maximum Gasteiger partial charge on any atom is 0.127 e. The van der Waals surface area contributed by atoms with Crippen LogP contribution in [0.3, 0.4) is 0 Å². The van der Waals surface area contributed by atoms with Gasteiger partial charge in [-0.1, -0.05) is 20.8 Å². The highest BCUT2D eigenvalue weighted by Crippen LogP contribution is 2.18. The van der Waals surface area contributed by atoms with Gasteiger partial charge < -0.3 is 5.32 Å². The fourth-order valence-corrected chi connectivity index (χ4v) is 1.39. The summed E-state index contributed by atoms with van der Waals surface area (Å²) >= 11 is 0. The van der Waals surface area contributed by atoms with Gasteiger partial charge in [0.25, 0.3) is 0 Å². The molecule has 0 amide bonds. The third-order valence-electron chi connectivity index (χ3n) is 2.26. The average Bonchev–Trinajstić information content (AvgIpc) is 2.14. The second-order valence-electron chi connectivity index (χ2n) is 5.23. The molecule has 0 bridgehead atoms. The second-order valence-corrected chi connectivity index (χ2v) is 5.23. The molecule has 1 N–H and O–H groups in total. The third-order valence-corrected chi connectivity index (χ3v) is 2.26. The van der Waals surface area contributed by atoms with Crippen molar-refractivity contribution >= 4 is 5.82 Å². The Labute approximate surface area is 97.5 Å². The number of pyridine rings is 1. The van der Waals surface area contributed by atoms with Crippen LogP contribution in [0.5, 0.6) is 0 Å². The standard InChI is InChI=1S/C13H19N3/c1-10-7-11(9-14)8-12(16-10)15-6-5-13(2,3)4/h7-8H,5-6H2,1-4H3,(H,15,16). The fourth-order valence-electron chi connectivity index (χ4n) is 1.39. The highest BCUT2D eigenvalue weighted by atomic mass is 15.0. The summed E-state index contributed by atoms with van der Waals surface area (Å²) in [4.78, 5) is 4.34. The van der Waals surface area contributed by atoms with Crippen LogP contribution in [0.15, 0.2) is 12.1 Å². The van der Waals surface area contributed by atoms with E-state index in [4.69, 9.17) is 5.26 Å². The summed E-state index contributed by atoms with van der Waals surface area (Å²) in [5.41, 5.74) is 1.84. The molecule has 1 aromatic heterocycles. The summed E-state index contributed by atoms with van der Waals surface area (Å²) in [6, 6.07) is 5.71. The summed E-state index contributed by atoms with van der Waals surface area (Å²) in [7, 11) is 0. The first-order chi connectivity index (χ1) is 7.40. The molecular weight excluding hydrogens is 198 g/mol. The van der Waals surface area contributed by atoms with Gasteiger partial charge in [-0.2, -0.15) is 5.26 Å². The lowest BCUT2D eigenvalue weighted by molar-refractivity contribution is 0.389. The van der Waals surface area contributed by atoms with Gasteiger partial charge in [0.05, 0.1) is 11.6 Å². The topological polar surface area (TPSA) is 48.7 Å². The largest absolute Gasteiger partial charge is 0.370 e.